The van der Waals surface area contributed by atoms with Crippen LogP contribution < -0.4 is 25.0 Å². The Balaban J connectivity index is 1.63. The predicted molar refractivity (Wildman–Crippen MR) is 134 cm³/mol. The quantitative estimate of drug-likeness (QED) is 0.599. The lowest BCUT2D eigenvalue weighted by Crippen LogP contribution is -2.48. The van der Waals surface area contributed by atoms with Crippen LogP contribution in [-0.2, 0) is 4.79 Å². The maximum absolute atomic E-state index is 12.8. The summed E-state index contributed by atoms with van der Waals surface area (Å²) >= 11 is 11.8. The molecule has 0 aromatic heterocycles. The van der Waals surface area contributed by atoms with E-state index in [4.69, 9.17) is 33.3 Å². The van der Waals surface area contributed by atoms with Crippen molar-refractivity contribution in [2.75, 3.05) is 50.6 Å². The van der Waals surface area contributed by atoms with Crippen molar-refractivity contribution in [1.82, 2.24) is 10.2 Å². The molecule has 0 saturated carbocycles. The van der Waals surface area contributed by atoms with Gasteiger partial charge in [0.2, 0.25) is 5.91 Å². The van der Waals surface area contributed by atoms with E-state index >= 15 is 0 Å². The third kappa shape index (κ3) is 5.85. The van der Waals surface area contributed by atoms with E-state index in [1.807, 2.05) is 24.0 Å². The normalized spacial score (nSPS) is 13.3. The second-order valence-electron chi connectivity index (χ2n) is 7.33. The molecule has 2 amide bonds. The van der Waals surface area contributed by atoms with Gasteiger partial charge in [0.25, 0.3) is 5.91 Å². The standard InChI is InChI=1S/C23H27ClN4O4S/c1-4-20(29)28-12-10-27(11-13-28)17-9-8-15(14-16(17)24)25-23(33)26-22(30)21-18(31-2)6-5-7-19(21)32-3/h5-9,14H,4,10-13H2,1-3H3,(H2,25,26,30,33). The summed E-state index contributed by atoms with van der Waals surface area (Å²) in [5.74, 6) is 0.469. The molecule has 0 unspecified atom stereocenters. The van der Waals surface area contributed by atoms with Gasteiger partial charge in [0.15, 0.2) is 5.11 Å². The van der Waals surface area contributed by atoms with Gasteiger partial charge in [-0.05, 0) is 42.5 Å². The van der Waals surface area contributed by atoms with E-state index in [9.17, 15) is 9.59 Å². The van der Waals surface area contributed by atoms with Crippen LogP contribution in [0.3, 0.4) is 0 Å². The van der Waals surface area contributed by atoms with Crippen LogP contribution in [0.25, 0.3) is 0 Å². The van der Waals surface area contributed by atoms with Crippen LogP contribution in [0.15, 0.2) is 36.4 Å². The number of rotatable bonds is 6. The van der Waals surface area contributed by atoms with Crippen molar-refractivity contribution >= 4 is 52.1 Å². The Morgan fingerprint density at radius 2 is 1.70 bits per heavy atom. The Labute approximate surface area is 203 Å². The van der Waals surface area contributed by atoms with Crippen molar-refractivity contribution in [2.45, 2.75) is 13.3 Å². The maximum atomic E-state index is 12.8. The van der Waals surface area contributed by atoms with Gasteiger partial charge in [-0.25, -0.2) is 0 Å². The van der Waals surface area contributed by atoms with Crippen molar-refractivity contribution in [2.24, 2.45) is 0 Å². The summed E-state index contributed by atoms with van der Waals surface area (Å²) in [4.78, 5) is 28.7. The van der Waals surface area contributed by atoms with Crippen molar-refractivity contribution in [3.05, 3.63) is 47.0 Å². The molecule has 1 saturated heterocycles. The number of methoxy groups -OCH3 is 2. The first-order valence-electron chi connectivity index (χ1n) is 10.5. The smallest absolute Gasteiger partial charge is 0.264 e. The Bertz CT molecular complexity index is 1020. The molecule has 1 fully saturated rings. The van der Waals surface area contributed by atoms with Gasteiger partial charge in [-0.1, -0.05) is 24.6 Å². The summed E-state index contributed by atoms with van der Waals surface area (Å²) in [7, 11) is 2.96. The molecule has 0 aliphatic carbocycles. The number of amides is 2. The summed E-state index contributed by atoms with van der Waals surface area (Å²) in [5.41, 5.74) is 1.78. The number of hydrogen-bond donors (Lipinski definition) is 2. The molecule has 10 heteroatoms. The summed E-state index contributed by atoms with van der Waals surface area (Å²) in [6, 6.07) is 10.6. The summed E-state index contributed by atoms with van der Waals surface area (Å²) in [6.45, 7) is 4.65. The fourth-order valence-electron chi connectivity index (χ4n) is 3.66. The van der Waals surface area contributed by atoms with E-state index in [1.54, 1.807) is 24.3 Å². The Kier molecular flexibility index (Phi) is 8.35. The number of halogens is 1. The highest BCUT2D eigenvalue weighted by Crippen LogP contribution is 2.30. The van der Waals surface area contributed by atoms with Crippen molar-refractivity contribution in [3.8, 4) is 11.5 Å². The number of anilines is 2. The van der Waals surface area contributed by atoms with Crippen LogP contribution in [0.1, 0.15) is 23.7 Å². The summed E-state index contributed by atoms with van der Waals surface area (Å²) in [6.07, 6.45) is 0.515. The van der Waals surface area contributed by atoms with Crippen molar-refractivity contribution in [1.29, 1.82) is 0 Å². The maximum Gasteiger partial charge on any atom is 0.264 e. The number of nitrogens with zero attached hydrogens (tertiary/aromatic N) is 2. The minimum atomic E-state index is -0.455. The Morgan fingerprint density at radius 1 is 1.06 bits per heavy atom. The van der Waals surface area contributed by atoms with E-state index in [1.165, 1.54) is 14.2 Å². The molecule has 8 nitrogen and oxygen atoms in total. The van der Waals surface area contributed by atoms with Crippen LogP contribution in [0.5, 0.6) is 11.5 Å². The lowest BCUT2D eigenvalue weighted by Gasteiger charge is -2.36. The average molecular weight is 491 g/mol. The third-order valence-electron chi connectivity index (χ3n) is 5.36. The zero-order chi connectivity index (χ0) is 24.0. The highest BCUT2D eigenvalue weighted by atomic mass is 35.5. The van der Waals surface area contributed by atoms with E-state index in [0.29, 0.717) is 54.8 Å². The second-order valence-corrected chi connectivity index (χ2v) is 8.15. The molecule has 1 aliphatic heterocycles. The molecule has 33 heavy (non-hydrogen) atoms. The largest absolute Gasteiger partial charge is 0.496 e. The summed E-state index contributed by atoms with van der Waals surface area (Å²) in [5, 5.41) is 6.29. The number of piperazine rings is 1. The van der Waals surface area contributed by atoms with Gasteiger partial charge in [-0.15, -0.1) is 0 Å². The van der Waals surface area contributed by atoms with E-state index < -0.39 is 5.91 Å². The first-order valence-corrected chi connectivity index (χ1v) is 11.3. The van der Waals surface area contributed by atoms with Gasteiger partial charge < -0.3 is 24.6 Å². The molecular weight excluding hydrogens is 464 g/mol. The molecule has 0 spiro atoms. The van der Waals surface area contributed by atoms with Crippen LogP contribution in [0.2, 0.25) is 5.02 Å². The van der Waals surface area contributed by atoms with E-state index in [-0.39, 0.29) is 16.6 Å². The lowest BCUT2D eigenvalue weighted by molar-refractivity contribution is -0.131. The predicted octanol–water partition coefficient (Wildman–Crippen LogP) is 3.54. The first-order chi connectivity index (χ1) is 15.9. The minimum absolute atomic E-state index is 0.114. The number of benzene rings is 2. The molecule has 0 radical (unpaired) electrons. The number of carbonyl (C=O) groups excluding carboxylic acids is 2. The van der Waals surface area contributed by atoms with Crippen molar-refractivity contribution < 1.29 is 19.1 Å². The van der Waals surface area contributed by atoms with Gasteiger partial charge in [0, 0.05) is 38.3 Å². The van der Waals surface area contributed by atoms with E-state index in [2.05, 4.69) is 15.5 Å². The molecule has 2 aromatic carbocycles. The Hall–Kier alpha value is -3.04. The van der Waals surface area contributed by atoms with E-state index in [0.717, 1.165) is 5.69 Å². The van der Waals surface area contributed by atoms with Crippen molar-refractivity contribution in [3.63, 3.8) is 0 Å². The van der Waals surface area contributed by atoms with Gasteiger partial charge in [0.05, 0.1) is 24.9 Å². The molecule has 176 valence electrons. The molecule has 2 aromatic rings. The van der Waals surface area contributed by atoms with Gasteiger partial charge in [-0.2, -0.15) is 0 Å². The van der Waals surface area contributed by atoms with Crippen LogP contribution in [0, 0.1) is 0 Å². The van der Waals surface area contributed by atoms with Crippen LogP contribution in [0.4, 0.5) is 11.4 Å². The summed E-state index contributed by atoms with van der Waals surface area (Å²) < 4.78 is 10.5. The molecule has 3 rings (SSSR count). The lowest BCUT2D eigenvalue weighted by atomic mass is 10.1. The van der Waals surface area contributed by atoms with Crippen LogP contribution in [-0.4, -0.2) is 62.2 Å². The number of hydrogen-bond acceptors (Lipinski definition) is 6. The van der Waals surface area contributed by atoms with Gasteiger partial charge in [-0.3, -0.25) is 14.9 Å². The molecule has 0 atom stereocenters. The fraction of sp³-hybridized carbons (Fsp3) is 0.348. The number of carbonyl (C=O) groups is 2. The molecule has 0 bridgehead atoms. The number of ether oxygens (including phenoxy) is 2. The number of nitrogens with one attached hydrogen (secondary N) is 2. The highest BCUT2D eigenvalue weighted by Gasteiger charge is 2.22. The number of thiocarbonyl (C=S) groups is 1. The Morgan fingerprint density at radius 3 is 2.24 bits per heavy atom. The fourth-order valence-corrected chi connectivity index (χ4v) is 4.18. The zero-order valence-electron chi connectivity index (χ0n) is 18.8. The SMILES string of the molecule is CCC(=O)N1CCN(c2ccc(NC(=S)NC(=O)c3c(OC)cccc3OC)cc2Cl)CC1. The third-order valence-corrected chi connectivity index (χ3v) is 5.87. The van der Waals surface area contributed by atoms with Gasteiger partial charge >= 0.3 is 0 Å². The highest BCUT2D eigenvalue weighted by molar-refractivity contribution is 7.80. The van der Waals surface area contributed by atoms with Gasteiger partial charge in [0.1, 0.15) is 17.1 Å². The minimum Gasteiger partial charge on any atom is -0.496 e. The first kappa shape index (κ1) is 24.6. The molecule has 1 heterocycles. The average Bonchev–Trinajstić information content (AvgIpc) is 2.83. The monoisotopic (exact) mass is 490 g/mol. The van der Waals surface area contributed by atoms with Crippen LogP contribution >= 0.6 is 23.8 Å². The molecule has 2 N–H and O–H groups in total. The second kappa shape index (κ2) is 11.2. The molecular formula is C23H27ClN4O4S. The zero-order valence-corrected chi connectivity index (χ0v) is 20.4. The molecule has 1 aliphatic rings. The topological polar surface area (TPSA) is 83.1 Å².